The number of anilines is 1. The van der Waals surface area contributed by atoms with E-state index in [9.17, 15) is 4.79 Å². The maximum Gasteiger partial charge on any atom is 0.227 e. The lowest BCUT2D eigenvalue weighted by atomic mass is 10.0. The molecule has 0 aliphatic rings. The van der Waals surface area contributed by atoms with E-state index in [1.807, 2.05) is 85.8 Å². The standard InChI is InChI=1S/C22H21NO2/c1-17-11-13-19(14-12-17)25-16-15-22(24)23-21-10-6-5-9-20(21)18-7-3-2-4-8-18/h2-14H,15-16H2,1H3,(H,23,24). The molecular formula is C22H21NO2. The number of rotatable bonds is 6. The first-order valence-corrected chi connectivity index (χ1v) is 8.36. The van der Waals surface area contributed by atoms with Crippen molar-refractivity contribution in [2.45, 2.75) is 13.3 Å². The van der Waals surface area contributed by atoms with Gasteiger partial charge < -0.3 is 10.1 Å². The second kappa shape index (κ2) is 8.15. The molecule has 0 aromatic heterocycles. The number of hydrogen-bond donors (Lipinski definition) is 1. The van der Waals surface area contributed by atoms with Gasteiger partial charge in [0.05, 0.1) is 13.0 Å². The molecule has 0 saturated carbocycles. The highest BCUT2D eigenvalue weighted by molar-refractivity contribution is 5.95. The Balaban J connectivity index is 1.59. The van der Waals surface area contributed by atoms with Crippen molar-refractivity contribution < 1.29 is 9.53 Å². The van der Waals surface area contributed by atoms with Crippen molar-refractivity contribution in [2.75, 3.05) is 11.9 Å². The van der Waals surface area contributed by atoms with Crippen molar-refractivity contribution in [3.05, 3.63) is 84.4 Å². The van der Waals surface area contributed by atoms with Crippen LogP contribution in [0, 0.1) is 6.92 Å². The Morgan fingerprint density at radius 1 is 0.880 bits per heavy atom. The minimum absolute atomic E-state index is 0.0597. The van der Waals surface area contributed by atoms with Crippen LogP contribution >= 0.6 is 0 Å². The van der Waals surface area contributed by atoms with E-state index in [2.05, 4.69) is 5.32 Å². The van der Waals surface area contributed by atoms with E-state index in [1.54, 1.807) is 0 Å². The first kappa shape index (κ1) is 16.8. The fourth-order valence-electron chi connectivity index (χ4n) is 2.57. The number of para-hydroxylation sites is 1. The molecule has 0 aliphatic carbocycles. The van der Waals surface area contributed by atoms with Gasteiger partial charge in [-0.25, -0.2) is 0 Å². The van der Waals surface area contributed by atoms with Crippen LogP contribution in [-0.4, -0.2) is 12.5 Å². The van der Waals surface area contributed by atoms with Crippen molar-refractivity contribution in [1.29, 1.82) is 0 Å². The van der Waals surface area contributed by atoms with Gasteiger partial charge in [-0.3, -0.25) is 4.79 Å². The molecule has 3 aromatic carbocycles. The second-order valence-electron chi connectivity index (χ2n) is 5.87. The summed E-state index contributed by atoms with van der Waals surface area (Å²) in [5, 5.41) is 2.99. The Morgan fingerprint density at radius 3 is 2.32 bits per heavy atom. The van der Waals surface area contributed by atoms with Crippen molar-refractivity contribution in [1.82, 2.24) is 0 Å². The Labute approximate surface area is 148 Å². The predicted molar refractivity (Wildman–Crippen MR) is 102 cm³/mol. The molecule has 1 amide bonds. The van der Waals surface area contributed by atoms with Gasteiger partial charge in [0.15, 0.2) is 0 Å². The van der Waals surface area contributed by atoms with Gasteiger partial charge in [0.2, 0.25) is 5.91 Å². The van der Waals surface area contributed by atoms with Gasteiger partial charge in [-0.05, 0) is 30.7 Å². The van der Waals surface area contributed by atoms with Crippen molar-refractivity contribution >= 4 is 11.6 Å². The first-order valence-electron chi connectivity index (χ1n) is 8.36. The van der Waals surface area contributed by atoms with Gasteiger partial charge in [0.1, 0.15) is 5.75 Å². The van der Waals surface area contributed by atoms with E-state index in [4.69, 9.17) is 4.74 Å². The zero-order valence-corrected chi connectivity index (χ0v) is 14.2. The Bertz CT molecular complexity index is 826. The Kier molecular flexibility index (Phi) is 5.47. The highest BCUT2D eigenvalue weighted by atomic mass is 16.5. The monoisotopic (exact) mass is 331 g/mol. The molecule has 25 heavy (non-hydrogen) atoms. The molecule has 0 aliphatic heterocycles. The molecule has 126 valence electrons. The number of amides is 1. The first-order chi connectivity index (χ1) is 12.2. The number of nitrogens with one attached hydrogen (secondary N) is 1. The van der Waals surface area contributed by atoms with Crippen LogP contribution in [-0.2, 0) is 4.79 Å². The van der Waals surface area contributed by atoms with E-state index < -0.39 is 0 Å². The summed E-state index contributed by atoms with van der Waals surface area (Å²) in [4.78, 5) is 12.2. The van der Waals surface area contributed by atoms with E-state index >= 15 is 0 Å². The number of benzene rings is 3. The van der Waals surface area contributed by atoms with Crippen molar-refractivity contribution in [3.8, 4) is 16.9 Å². The molecular weight excluding hydrogens is 310 g/mol. The lowest BCUT2D eigenvalue weighted by Crippen LogP contribution is -2.15. The smallest absolute Gasteiger partial charge is 0.227 e. The van der Waals surface area contributed by atoms with E-state index in [0.717, 1.165) is 22.6 Å². The maximum absolute atomic E-state index is 12.2. The zero-order valence-electron chi connectivity index (χ0n) is 14.2. The van der Waals surface area contributed by atoms with Crippen molar-refractivity contribution in [3.63, 3.8) is 0 Å². The molecule has 3 aromatic rings. The lowest BCUT2D eigenvalue weighted by molar-refractivity contribution is -0.116. The summed E-state index contributed by atoms with van der Waals surface area (Å²) in [5.74, 6) is 0.721. The number of ether oxygens (including phenoxy) is 1. The minimum atomic E-state index is -0.0597. The molecule has 3 rings (SSSR count). The number of aryl methyl sites for hydroxylation is 1. The van der Waals surface area contributed by atoms with Gasteiger partial charge in [-0.2, -0.15) is 0 Å². The summed E-state index contributed by atoms with van der Waals surface area (Å²) in [6.45, 7) is 2.38. The molecule has 3 nitrogen and oxygen atoms in total. The van der Waals surface area contributed by atoms with Crippen LogP contribution in [0.4, 0.5) is 5.69 Å². The highest BCUT2D eigenvalue weighted by Gasteiger charge is 2.08. The van der Waals surface area contributed by atoms with Crippen LogP contribution in [0.2, 0.25) is 0 Å². The SMILES string of the molecule is Cc1ccc(OCCC(=O)Nc2ccccc2-c2ccccc2)cc1. The molecule has 0 radical (unpaired) electrons. The third-order valence-electron chi connectivity index (χ3n) is 3.90. The predicted octanol–water partition coefficient (Wildman–Crippen LogP) is 5.07. The van der Waals surface area contributed by atoms with Gasteiger partial charge in [-0.15, -0.1) is 0 Å². The summed E-state index contributed by atoms with van der Waals surface area (Å²) < 4.78 is 5.62. The fraction of sp³-hybridized carbons (Fsp3) is 0.136. The lowest BCUT2D eigenvalue weighted by Gasteiger charge is -2.12. The molecule has 1 N–H and O–H groups in total. The summed E-state index contributed by atoms with van der Waals surface area (Å²) >= 11 is 0. The normalized spacial score (nSPS) is 10.3. The molecule has 3 heteroatoms. The molecule has 0 fully saturated rings. The quantitative estimate of drug-likeness (QED) is 0.685. The molecule has 0 atom stereocenters. The molecule has 0 spiro atoms. The molecule has 0 saturated heterocycles. The zero-order chi connectivity index (χ0) is 17.5. The molecule has 0 unspecified atom stereocenters. The third-order valence-corrected chi connectivity index (χ3v) is 3.90. The van der Waals surface area contributed by atoms with Crippen LogP contribution in [0.15, 0.2) is 78.9 Å². The van der Waals surface area contributed by atoms with Gasteiger partial charge in [-0.1, -0.05) is 66.2 Å². The van der Waals surface area contributed by atoms with Crippen LogP contribution in [0.25, 0.3) is 11.1 Å². The maximum atomic E-state index is 12.2. The summed E-state index contributed by atoms with van der Waals surface area (Å²) in [6, 6.07) is 25.7. The van der Waals surface area contributed by atoms with E-state index in [-0.39, 0.29) is 5.91 Å². The van der Waals surface area contributed by atoms with Gasteiger partial charge in [0, 0.05) is 11.3 Å². The van der Waals surface area contributed by atoms with Crippen LogP contribution in [0.5, 0.6) is 5.75 Å². The van der Waals surface area contributed by atoms with Crippen LogP contribution in [0.3, 0.4) is 0 Å². The van der Waals surface area contributed by atoms with Crippen molar-refractivity contribution in [2.24, 2.45) is 0 Å². The Morgan fingerprint density at radius 2 is 1.56 bits per heavy atom. The highest BCUT2D eigenvalue weighted by Crippen LogP contribution is 2.27. The minimum Gasteiger partial charge on any atom is -0.493 e. The Hall–Kier alpha value is -3.07. The molecule has 0 heterocycles. The average molecular weight is 331 g/mol. The van der Waals surface area contributed by atoms with Gasteiger partial charge >= 0.3 is 0 Å². The van der Waals surface area contributed by atoms with E-state index in [0.29, 0.717) is 13.0 Å². The number of hydrogen-bond acceptors (Lipinski definition) is 2. The van der Waals surface area contributed by atoms with Crippen LogP contribution < -0.4 is 10.1 Å². The summed E-state index contributed by atoms with van der Waals surface area (Å²) in [7, 11) is 0. The summed E-state index contributed by atoms with van der Waals surface area (Å²) in [6.07, 6.45) is 0.303. The van der Waals surface area contributed by atoms with Crippen LogP contribution in [0.1, 0.15) is 12.0 Å². The second-order valence-corrected chi connectivity index (χ2v) is 5.87. The largest absolute Gasteiger partial charge is 0.493 e. The number of carbonyl (C=O) groups excluding carboxylic acids is 1. The van der Waals surface area contributed by atoms with E-state index in [1.165, 1.54) is 5.56 Å². The summed E-state index contributed by atoms with van der Waals surface area (Å²) in [5.41, 5.74) is 4.09. The fourth-order valence-corrected chi connectivity index (χ4v) is 2.57. The number of carbonyl (C=O) groups is 1. The molecule has 0 bridgehead atoms. The average Bonchev–Trinajstić information content (AvgIpc) is 2.64. The topological polar surface area (TPSA) is 38.3 Å². The van der Waals surface area contributed by atoms with Gasteiger partial charge in [0.25, 0.3) is 0 Å². The third kappa shape index (κ3) is 4.70.